The van der Waals surface area contributed by atoms with E-state index in [4.69, 9.17) is 9.15 Å². The highest BCUT2D eigenvalue weighted by molar-refractivity contribution is 8.00. The predicted octanol–water partition coefficient (Wildman–Crippen LogP) is 5.91. The summed E-state index contributed by atoms with van der Waals surface area (Å²) in [5, 5.41) is 19.7. The number of carbonyl (C=O) groups is 2. The smallest absolute Gasteiger partial charge is 0.296 e. The van der Waals surface area contributed by atoms with Crippen molar-refractivity contribution in [2.24, 2.45) is 0 Å². The number of aliphatic hydroxyl groups is 1. The Labute approximate surface area is 221 Å². The van der Waals surface area contributed by atoms with Crippen molar-refractivity contribution in [3.8, 4) is 5.75 Å². The van der Waals surface area contributed by atoms with Crippen LogP contribution < -0.4 is 9.64 Å². The lowest BCUT2D eigenvalue weighted by molar-refractivity contribution is -0.117. The van der Waals surface area contributed by atoms with E-state index < -0.39 is 23.5 Å². The Morgan fingerprint density at radius 1 is 1.11 bits per heavy atom. The van der Waals surface area contributed by atoms with Crippen molar-refractivity contribution in [3.63, 3.8) is 0 Å². The molecular weight excluding hydrogens is 510 g/mol. The number of hydrogen-bond donors (Lipinski definition) is 1. The number of nitrogens with zero attached hydrogens (tertiary/aromatic N) is 3. The van der Waals surface area contributed by atoms with Gasteiger partial charge in [0.15, 0.2) is 15.9 Å². The van der Waals surface area contributed by atoms with Gasteiger partial charge in [-0.15, -0.1) is 10.2 Å². The number of rotatable bonds is 9. The molecule has 0 saturated heterocycles. The van der Waals surface area contributed by atoms with Crippen LogP contribution in [0.15, 0.2) is 86.8 Å². The number of anilines is 1. The summed E-state index contributed by atoms with van der Waals surface area (Å²) in [6, 6.07) is 19.3. The van der Waals surface area contributed by atoms with Gasteiger partial charge in [0.2, 0.25) is 10.9 Å². The minimum Gasteiger partial charge on any atom is -0.503 e. The molecule has 0 radical (unpaired) electrons. The van der Waals surface area contributed by atoms with Crippen LogP contribution in [0.3, 0.4) is 0 Å². The van der Waals surface area contributed by atoms with Gasteiger partial charge in [-0.3, -0.25) is 14.5 Å². The lowest BCUT2D eigenvalue weighted by Gasteiger charge is -2.24. The number of aliphatic hydroxyl groups excluding tert-OH is 1. The Balaban J connectivity index is 1.50. The number of carbonyl (C=O) groups excluding carboxylic acids is 2. The van der Waals surface area contributed by atoms with Gasteiger partial charge in [0.1, 0.15) is 11.5 Å². The number of amides is 1. The summed E-state index contributed by atoms with van der Waals surface area (Å²) >= 11 is 2.73. The fraction of sp³-hybridized carbons (Fsp3) is 0.185. The largest absolute Gasteiger partial charge is 0.503 e. The van der Waals surface area contributed by atoms with Crippen molar-refractivity contribution >= 4 is 39.9 Å². The molecule has 4 aromatic rings. The topological polar surface area (TPSA) is 106 Å². The number of Topliss-reactive ketones (excluding diaryl/α,β-unsaturated/α-hetero) is 1. The molecule has 10 heteroatoms. The van der Waals surface area contributed by atoms with Gasteiger partial charge in [0.05, 0.1) is 18.2 Å². The molecule has 1 N–H and O–H groups in total. The van der Waals surface area contributed by atoms with Crippen LogP contribution >= 0.6 is 23.1 Å². The molecule has 2 aromatic carbocycles. The van der Waals surface area contributed by atoms with Gasteiger partial charge in [-0.2, -0.15) is 0 Å². The second-order valence-electron chi connectivity index (χ2n) is 8.21. The predicted molar refractivity (Wildman–Crippen MR) is 141 cm³/mol. The first-order valence-corrected chi connectivity index (χ1v) is 13.4. The number of furan rings is 1. The number of aromatic nitrogens is 2. The second-order valence-corrected chi connectivity index (χ2v) is 10.4. The zero-order valence-corrected chi connectivity index (χ0v) is 21.7. The third kappa shape index (κ3) is 5.03. The average Bonchev–Trinajstić information content (AvgIpc) is 3.62. The molecule has 1 aliphatic heterocycles. The molecule has 37 heavy (non-hydrogen) atoms. The van der Waals surface area contributed by atoms with Crippen molar-refractivity contribution < 1.29 is 23.8 Å². The number of thioether (sulfide) groups is 1. The monoisotopic (exact) mass is 533 g/mol. The summed E-state index contributed by atoms with van der Waals surface area (Å²) in [5.41, 5.74) is 1.67. The summed E-state index contributed by atoms with van der Waals surface area (Å²) < 4.78 is 11.7. The van der Waals surface area contributed by atoms with E-state index in [1.54, 1.807) is 37.3 Å². The quantitative estimate of drug-likeness (QED) is 0.161. The van der Waals surface area contributed by atoms with Gasteiger partial charge in [-0.05, 0) is 49.2 Å². The molecule has 2 aromatic heterocycles. The molecule has 5 rings (SSSR count). The Morgan fingerprint density at radius 3 is 2.54 bits per heavy atom. The molecule has 0 aliphatic carbocycles. The fourth-order valence-electron chi connectivity index (χ4n) is 4.03. The van der Waals surface area contributed by atoms with Crippen LogP contribution in [0.1, 0.15) is 40.4 Å². The minimum atomic E-state index is -0.916. The van der Waals surface area contributed by atoms with Gasteiger partial charge >= 0.3 is 0 Å². The van der Waals surface area contributed by atoms with E-state index in [0.717, 1.165) is 5.56 Å². The van der Waals surface area contributed by atoms with Crippen molar-refractivity contribution in [2.75, 3.05) is 11.5 Å². The van der Waals surface area contributed by atoms with Crippen molar-refractivity contribution in [3.05, 3.63) is 101 Å². The van der Waals surface area contributed by atoms with E-state index in [-0.39, 0.29) is 16.5 Å². The molecule has 0 bridgehead atoms. The Morgan fingerprint density at radius 2 is 1.86 bits per heavy atom. The van der Waals surface area contributed by atoms with Crippen LogP contribution in [0, 0.1) is 6.92 Å². The van der Waals surface area contributed by atoms with Gasteiger partial charge in [0.25, 0.3) is 5.91 Å². The lowest BCUT2D eigenvalue weighted by Crippen LogP contribution is -2.31. The van der Waals surface area contributed by atoms with Gasteiger partial charge in [-0.1, -0.05) is 65.6 Å². The average molecular weight is 534 g/mol. The lowest BCUT2D eigenvalue weighted by atomic mass is 9.95. The van der Waals surface area contributed by atoms with Crippen LogP contribution in [0.5, 0.6) is 5.75 Å². The van der Waals surface area contributed by atoms with E-state index in [1.165, 1.54) is 34.1 Å². The first kappa shape index (κ1) is 24.8. The minimum absolute atomic E-state index is 0.0426. The standard InChI is InChI=1S/C27H23N3O5S2/c1-3-34-19-12-10-18(11-13-19)22-21(23(31)20-14-9-16(2)35-20)24(32)25(33)30(22)26-28-29-27(37-26)36-15-17-7-5-4-6-8-17/h4-14,22,32H,3,15H2,1-2H3. The van der Waals surface area contributed by atoms with Crippen molar-refractivity contribution in [2.45, 2.75) is 30.0 Å². The van der Waals surface area contributed by atoms with Gasteiger partial charge in [-0.25, -0.2) is 0 Å². The first-order chi connectivity index (χ1) is 18.0. The van der Waals surface area contributed by atoms with E-state index >= 15 is 0 Å². The van der Waals surface area contributed by atoms with Crippen LogP contribution in [-0.2, 0) is 10.5 Å². The summed E-state index contributed by atoms with van der Waals surface area (Å²) in [6.07, 6.45) is 0. The van der Waals surface area contributed by atoms with Crippen molar-refractivity contribution in [1.82, 2.24) is 10.2 Å². The number of benzene rings is 2. The maximum Gasteiger partial charge on any atom is 0.296 e. The highest BCUT2D eigenvalue weighted by Gasteiger charge is 2.46. The molecule has 1 amide bonds. The van der Waals surface area contributed by atoms with E-state index in [1.807, 2.05) is 37.3 Å². The Bertz CT molecular complexity index is 1460. The molecular formula is C27H23N3O5S2. The van der Waals surface area contributed by atoms with Crippen LogP contribution in [0.25, 0.3) is 0 Å². The van der Waals surface area contributed by atoms with E-state index in [9.17, 15) is 14.7 Å². The highest BCUT2D eigenvalue weighted by Crippen LogP contribution is 2.44. The van der Waals surface area contributed by atoms with E-state index in [0.29, 0.717) is 33.8 Å². The molecule has 3 heterocycles. The summed E-state index contributed by atoms with van der Waals surface area (Å²) in [7, 11) is 0. The number of hydrogen-bond acceptors (Lipinski definition) is 9. The highest BCUT2D eigenvalue weighted by atomic mass is 32.2. The maximum absolute atomic E-state index is 13.5. The molecule has 0 fully saturated rings. The SMILES string of the molecule is CCOc1ccc(C2C(C(=O)c3ccc(C)o3)=C(O)C(=O)N2c2nnc(SCc3ccccc3)s2)cc1. The molecule has 1 unspecified atom stereocenters. The molecule has 1 aliphatic rings. The Hall–Kier alpha value is -3.89. The van der Waals surface area contributed by atoms with Crippen LogP contribution in [0.2, 0.25) is 0 Å². The van der Waals surface area contributed by atoms with E-state index in [2.05, 4.69) is 10.2 Å². The second kappa shape index (κ2) is 10.6. The third-order valence-electron chi connectivity index (χ3n) is 5.73. The summed E-state index contributed by atoms with van der Waals surface area (Å²) in [4.78, 5) is 28.1. The molecule has 0 saturated carbocycles. The number of ether oxygens (including phenoxy) is 1. The summed E-state index contributed by atoms with van der Waals surface area (Å²) in [5.74, 6) is 0.0147. The first-order valence-electron chi connectivity index (χ1n) is 11.6. The summed E-state index contributed by atoms with van der Waals surface area (Å²) in [6.45, 7) is 4.11. The third-order valence-corrected chi connectivity index (χ3v) is 7.86. The van der Waals surface area contributed by atoms with Crippen LogP contribution in [-0.4, -0.2) is 33.6 Å². The molecule has 0 spiro atoms. The van der Waals surface area contributed by atoms with Crippen molar-refractivity contribution in [1.29, 1.82) is 0 Å². The zero-order valence-electron chi connectivity index (χ0n) is 20.1. The van der Waals surface area contributed by atoms with Gasteiger partial charge < -0.3 is 14.3 Å². The molecule has 8 nitrogen and oxygen atoms in total. The molecule has 188 valence electrons. The van der Waals surface area contributed by atoms with Crippen LogP contribution in [0.4, 0.5) is 5.13 Å². The zero-order chi connectivity index (χ0) is 25.9. The number of aryl methyl sites for hydroxylation is 1. The normalized spacial score (nSPS) is 15.5. The van der Waals surface area contributed by atoms with Gasteiger partial charge in [0, 0.05) is 5.75 Å². The fourth-order valence-corrected chi connectivity index (χ4v) is 5.85. The number of ketones is 1. The Kier molecular flexibility index (Phi) is 7.11. The molecule has 1 atom stereocenters. The maximum atomic E-state index is 13.5.